The molecule has 78 valence electrons. The van der Waals surface area contributed by atoms with E-state index in [2.05, 4.69) is 5.32 Å². The molecule has 1 rings (SSSR count). The van der Waals surface area contributed by atoms with Gasteiger partial charge in [0.25, 0.3) is 0 Å². The lowest BCUT2D eigenvalue weighted by atomic mass is 10.0. The molecular formula is C10H16N2O2. The van der Waals surface area contributed by atoms with Gasteiger partial charge in [0.05, 0.1) is 12.7 Å². The van der Waals surface area contributed by atoms with Gasteiger partial charge in [0.15, 0.2) is 0 Å². The van der Waals surface area contributed by atoms with E-state index in [1.807, 2.05) is 6.07 Å². The summed E-state index contributed by atoms with van der Waals surface area (Å²) in [6, 6.07) is 1.91. The van der Waals surface area contributed by atoms with Gasteiger partial charge in [-0.3, -0.25) is 4.79 Å². The van der Waals surface area contributed by atoms with Crippen LogP contribution >= 0.6 is 0 Å². The molecule has 1 amide bonds. The summed E-state index contributed by atoms with van der Waals surface area (Å²) in [6.45, 7) is 3.79. The average molecular weight is 196 g/mol. The molecule has 0 spiro atoms. The van der Waals surface area contributed by atoms with Crippen molar-refractivity contribution < 1.29 is 9.53 Å². The van der Waals surface area contributed by atoms with Crippen LogP contribution in [0.15, 0.2) is 0 Å². The standard InChI is InChI=1S/C10H16N2O2/c1-8(5-11)10(13)12-6-9-3-2-4-14-7-9/h8-9H,2-4,6-7H2,1H3,(H,12,13). The zero-order valence-electron chi connectivity index (χ0n) is 8.45. The molecule has 1 saturated heterocycles. The Labute approximate surface area is 84.2 Å². The fraction of sp³-hybridized carbons (Fsp3) is 0.800. The molecule has 1 aliphatic heterocycles. The molecule has 0 aromatic carbocycles. The molecule has 14 heavy (non-hydrogen) atoms. The minimum absolute atomic E-state index is 0.182. The summed E-state index contributed by atoms with van der Waals surface area (Å²) in [6.07, 6.45) is 2.16. The molecule has 4 heteroatoms. The number of rotatable bonds is 3. The van der Waals surface area contributed by atoms with Crippen molar-refractivity contribution in [3.8, 4) is 6.07 Å². The van der Waals surface area contributed by atoms with Gasteiger partial charge < -0.3 is 10.1 Å². The number of nitrogens with zero attached hydrogens (tertiary/aromatic N) is 1. The van der Waals surface area contributed by atoms with Gasteiger partial charge in [0.1, 0.15) is 5.92 Å². The van der Waals surface area contributed by atoms with Gasteiger partial charge in [-0.2, -0.15) is 5.26 Å². The smallest absolute Gasteiger partial charge is 0.237 e. The van der Waals surface area contributed by atoms with Gasteiger partial charge >= 0.3 is 0 Å². The number of carbonyl (C=O) groups excluding carboxylic acids is 1. The van der Waals surface area contributed by atoms with Crippen LogP contribution in [0.3, 0.4) is 0 Å². The van der Waals surface area contributed by atoms with Crippen molar-refractivity contribution in [2.75, 3.05) is 19.8 Å². The predicted molar refractivity (Wildman–Crippen MR) is 51.3 cm³/mol. The highest BCUT2D eigenvalue weighted by Gasteiger charge is 2.16. The van der Waals surface area contributed by atoms with Gasteiger partial charge in [-0.25, -0.2) is 0 Å². The maximum absolute atomic E-state index is 11.2. The molecule has 0 radical (unpaired) electrons. The summed E-state index contributed by atoms with van der Waals surface area (Å²) < 4.78 is 5.28. The van der Waals surface area contributed by atoms with E-state index in [1.54, 1.807) is 6.92 Å². The molecule has 2 atom stereocenters. The number of carbonyl (C=O) groups is 1. The lowest BCUT2D eigenvalue weighted by Crippen LogP contribution is -2.35. The summed E-state index contributed by atoms with van der Waals surface area (Å²) in [5.41, 5.74) is 0. The third kappa shape index (κ3) is 3.35. The van der Waals surface area contributed by atoms with Crippen LogP contribution in [-0.4, -0.2) is 25.7 Å². The largest absolute Gasteiger partial charge is 0.381 e. The lowest BCUT2D eigenvalue weighted by Gasteiger charge is -2.22. The number of hydrogen-bond donors (Lipinski definition) is 1. The van der Waals surface area contributed by atoms with Crippen molar-refractivity contribution in [2.24, 2.45) is 11.8 Å². The molecule has 1 N–H and O–H groups in total. The van der Waals surface area contributed by atoms with E-state index in [9.17, 15) is 4.79 Å². The van der Waals surface area contributed by atoms with E-state index in [0.29, 0.717) is 12.5 Å². The summed E-state index contributed by atoms with van der Waals surface area (Å²) in [4.78, 5) is 11.2. The highest BCUT2D eigenvalue weighted by molar-refractivity contribution is 5.80. The first-order valence-corrected chi connectivity index (χ1v) is 4.99. The fourth-order valence-corrected chi connectivity index (χ4v) is 1.43. The van der Waals surface area contributed by atoms with Crippen LogP contribution < -0.4 is 5.32 Å². The zero-order valence-corrected chi connectivity index (χ0v) is 8.45. The van der Waals surface area contributed by atoms with Crippen molar-refractivity contribution in [3.05, 3.63) is 0 Å². The summed E-state index contributed by atoms with van der Waals surface area (Å²) in [5, 5.41) is 11.3. The Bertz CT molecular complexity index is 229. The predicted octanol–water partition coefficient (Wildman–Crippen LogP) is 0.689. The number of nitriles is 1. The maximum Gasteiger partial charge on any atom is 0.237 e. The van der Waals surface area contributed by atoms with Crippen LogP contribution in [0.5, 0.6) is 0 Å². The number of hydrogen-bond acceptors (Lipinski definition) is 3. The second-order valence-electron chi connectivity index (χ2n) is 3.68. The second-order valence-corrected chi connectivity index (χ2v) is 3.68. The highest BCUT2D eigenvalue weighted by Crippen LogP contribution is 2.12. The minimum atomic E-state index is -0.556. The van der Waals surface area contributed by atoms with Gasteiger partial charge in [0.2, 0.25) is 5.91 Å². The van der Waals surface area contributed by atoms with Crippen LogP contribution in [0.4, 0.5) is 0 Å². The normalized spacial score (nSPS) is 23.6. The third-order valence-corrected chi connectivity index (χ3v) is 2.41. The minimum Gasteiger partial charge on any atom is -0.381 e. The van der Waals surface area contributed by atoms with Crippen LogP contribution in [-0.2, 0) is 9.53 Å². The summed E-state index contributed by atoms with van der Waals surface area (Å²) in [5.74, 6) is -0.323. The molecule has 1 aliphatic rings. The molecule has 0 aliphatic carbocycles. The van der Waals surface area contributed by atoms with E-state index >= 15 is 0 Å². The molecule has 0 bridgehead atoms. The van der Waals surface area contributed by atoms with Gasteiger partial charge in [-0.05, 0) is 25.7 Å². The molecular weight excluding hydrogens is 180 g/mol. The van der Waals surface area contributed by atoms with E-state index in [4.69, 9.17) is 10.00 Å². The zero-order chi connectivity index (χ0) is 10.4. The second kappa shape index (κ2) is 5.61. The first-order valence-electron chi connectivity index (χ1n) is 4.99. The Kier molecular flexibility index (Phi) is 4.41. The van der Waals surface area contributed by atoms with E-state index in [-0.39, 0.29) is 5.91 Å². The molecule has 0 aromatic heterocycles. The molecule has 0 saturated carbocycles. The van der Waals surface area contributed by atoms with Crippen molar-refractivity contribution in [1.29, 1.82) is 5.26 Å². The van der Waals surface area contributed by atoms with Gasteiger partial charge in [-0.15, -0.1) is 0 Å². The van der Waals surface area contributed by atoms with Gasteiger partial charge in [-0.1, -0.05) is 0 Å². The Balaban J connectivity index is 2.19. The SMILES string of the molecule is CC(C#N)C(=O)NCC1CCCOC1. The van der Waals surface area contributed by atoms with Crippen LogP contribution in [0.1, 0.15) is 19.8 Å². The first kappa shape index (κ1) is 11.0. The maximum atomic E-state index is 11.2. The Morgan fingerprint density at radius 3 is 3.14 bits per heavy atom. The summed E-state index contributed by atoms with van der Waals surface area (Å²) >= 11 is 0. The lowest BCUT2D eigenvalue weighted by molar-refractivity contribution is -0.123. The van der Waals surface area contributed by atoms with Crippen LogP contribution in [0.25, 0.3) is 0 Å². The Morgan fingerprint density at radius 1 is 1.79 bits per heavy atom. The van der Waals surface area contributed by atoms with E-state index < -0.39 is 5.92 Å². The highest BCUT2D eigenvalue weighted by atomic mass is 16.5. The van der Waals surface area contributed by atoms with Crippen molar-refractivity contribution >= 4 is 5.91 Å². The first-order chi connectivity index (χ1) is 6.74. The van der Waals surface area contributed by atoms with Crippen molar-refractivity contribution in [2.45, 2.75) is 19.8 Å². The number of nitrogens with one attached hydrogen (secondary N) is 1. The monoisotopic (exact) mass is 196 g/mol. The molecule has 4 nitrogen and oxygen atoms in total. The van der Waals surface area contributed by atoms with E-state index in [0.717, 1.165) is 26.1 Å². The topological polar surface area (TPSA) is 62.1 Å². The molecule has 1 heterocycles. The number of ether oxygens (including phenoxy) is 1. The molecule has 1 fully saturated rings. The van der Waals surface area contributed by atoms with Crippen molar-refractivity contribution in [1.82, 2.24) is 5.32 Å². The third-order valence-electron chi connectivity index (χ3n) is 2.41. The Morgan fingerprint density at radius 2 is 2.57 bits per heavy atom. The van der Waals surface area contributed by atoms with Crippen LogP contribution in [0.2, 0.25) is 0 Å². The quantitative estimate of drug-likeness (QED) is 0.722. The Hall–Kier alpha value is -1.08. The van der Waals surface area contributed by atoms with Crippen LogP contribution in [0, 0.1) is 23.2 Å². The average Bonchev–Trinajstić information content (AvgIpc) is 2.26. The molecule has 2 unspecified atom stereocenters. The molecule has 0 aromatic rings. The van der Waals surface area contributed by atoms with E-state index in [1.165, 1.54) is 0 Å². The van der Waals surface area contributed by atoms with Crippen molar-refractivity contribution in [3.63, 3.8) is 0 Å². The summed E-state index contributed by atoms with van der Waals surface area (Å²) in [7, 11) is 0. The number of amides is 1. The van der Waals surface area contributed by atoms with Gasteiger partial charge in [0, 0.05) is 13.2 Å². The fourth-order valence-electron chi connectivity index (χ4n) is 1.43.